The van der Waals surface area contributed by atoms with Crippen LogP contribution in [0.15, 0.2) is 18.3 Å². The van der Waals surface area contributed by atoms with Crippen molar-refractivity contribution in [2.75, 3.05) is 26.7 Å². The zero-order chi connectivity index (χ0) is 16.1. The molecule has 5 heterocycles. The smallest absolute Gasteiger partial charge is 0.273 e. The first-order chi connectivity index (χ1) is 11.0. The van der Waals surface area contributed by atoms with Gasteiger partial charge in [0.05, 0.1) is 5.69 Å². The van der Waals surface area contributed by atoms with Gasteiger partial charge < -0.3 is 9.80 Å². The third kappa shape index (κ3) is 2.43. The molecule has 2 aromatic heterocycles. The van der Waals surface area contributed by atoms with Crippen molar-refractivity contribution in [2.45, 2.75) is 32.7 Å². The summed E-state index contributed by atoms with van der Waals surface area (Å²) in [7, 11) is 2.17. The maximum atomic E-state index is 13.3. The normalized spacial score (nSPS) is 25.1. The van der Waals surface area contributed by atoms with Gasteiger partial charge in [0.2, 0.25) is 0 Å². The van der Waals surface area contributed by atoms with Crippen LogP contribution in [0.1, 0.15) is 34.6 Å². The molecule has 2 aromatic rings. The Morgan fingerprint density at radius 3 is 2.83 bits per heavy atom. The number of imidazole rings is 1. The van der Waals surface area contributed by atoms with E-state index in [1.54, 1.807) is 0 Å². The standard InChI is InChI=1S/C18H24N4O/c1-12-4-7-16-19-13(2)17(22(16)8-12)18(23)21-10-14-5-6-15(21)11-20(3)9-14/h4,7-8,14-15H,5-6,9-11H2,1-3H3/t14-,15+/m0/s1. The van der Waals surface area contributed by atoms with Crippen LogP contribution in [0.3, 0.4) is 0 Å². The van der Waals surface area contributed by atoms with Gasteiger partial charge in [-0.05, 0) is 51.3 Å². The molecule has 0 aromatic carbocycles. The van der Waals surface area contributed by atoms with E-state index in [4.69, 9.17) is 0 Å². The minimum Gasteiger partial charge on any atom is -0.333 e. The third-order valence-electron chi connectivity index (χ3n) is 5.30. The largest absolute Gasteiger partial charge is 0.333 e. The Hall–Kier alpha value is -1.88. The number of carbonyl (C=O) groups excluding carboxylic acids is 1. The van der Waals surface area contributed by atoms with Crippen LogP contribution in [0.5, 0.6) is 0 Å². The fraction of sp³-hybridized carbons (Fsp3) is 0.556. The summed E-state index contributed by atoms with van der Waals surface area (Å²) in [6, 6.07) is 4.36. The van der Waals surface area contributed by atoms with Gasteiger partial charge >= 0.3 is 0 Å². The molecule has 1 amide bonds. The van der Waals surface area contributed by atoms with Gasteiger partial charge in [0.1, 0.15) is 11.3 Å². The summed E-state index contributed by atoms with van der Waals surface area (Å²) in [6.07, 6.45) is 4.38. The molecule has 23 heavy (non-hydrogen) atoms. The van der Waals surface area contributed by atoms with E-state index in [2.05, 4.69) is 21.8 Å². The Labute approximate surface area is 136 Å². The van der Waals surface area contributed by atoms with Crippen LogP contribution in [-0.4, -0.2) is 57.8 Å². The quantitative estimate of drug-likeness (QED) is 0.810. The zero-order valence-corrected chi connectivity index (χ0v) is 14.1. The van der Waals surface area contributed by atoms with Crippen LogP contribution in [0, 0.1) is 19.8 Å². The average Bonchev–Trinajstić information content (AvgIpc) is 2.64. The van der Waals surface area contributed by atoms with E-state index in [1.807, 2.05) is 36.6 Å². The number of amides is 1. The molecule has 3 fully saturated rings. The zero-order valence-electron chi connectivity index (χ0n) is 14.1. The maximum Gasteiger partial charge on any atom is 0.273 e. The molecule has 5 nitrogen and oxygen atoms in total. The fourth-order valence-electron chi connectivity index (χ4n) is 4.23. The van der Waals surface area contributed by atoms with Crippen molar-refractivity contribution in [3.8, 4) is 0 Å². The highest BCUT2D eigenvalue weighted by Gasteiger charge is 2.37. The van der Waals surface area contributed by atoms with E-state index < -0.39 is 0 Å². The molecule has 2 atom stereocenters. The van der Waals surface area contributed by atoms with Crippen molar-refractivity contribution in [3.63, 3.8) is 0 Å². The second kappa shape index (κ2) is 5.34. The highest BCUT2D eigenvalue weighted by Crippen LogP contribution is 2.29. The number of likely N-dealkylation sites (N-methyl/N-ethyl adjacent to an activating group) is 1. The van der Waals surface area contributed by atoms with E-state index in [-0.39, 0.29) is 5.91 Å². The Morgan fingerprint density at radius 2 is 2.00 bits per heavy atom. The van der Waals surface area contributed by atoms with Gasteiger partial charge in [-0.2, -0.15) is 0 Å². The van der Waals surface area contributed by atoms with Crippen LogP contribution in [0.2, 0.25) is 0 Å². The van der Waals surface area contributed by atoms with E-state index in [9.17, 15) is 4.79 Å². The average molecular weight is 312 g/mol. The summed E-state index contributed by atoms with van der Waals surface area (Å²) >= 11 is 0. The molecular weight excluding hydrogens is 288 g/mol. The summed E-state index contributed by atoms with van der Waals surface area (Å²) in [5.74, 6) is 0.745. The maximum absolute atomic E-state index is 13.3. The van der Waals surface area contributed by atoms with Crippen LogP contribution in [0.4, 0.5) is 0 Å². The summed E-state index contributed by atoms with van der Waals surface area (Å²) in [6.45, 7) is 6.96. The van der Waals surface area contributed by atoms with E-state index in [0.29, 0.717) is 12.0 Å². The molecule has 0 saturated carbocycles. The molecule has 0 N–H and O–H groups in total. The molecule has 0 aliphatic carbocycles. The summed E-state index contributed by atoms with van der Waals surface area (Å²) in [5, 5.41) is 0. The number of aryl methyl sites for hydroxylation is 2. The number of fused-ring (bicyclic) bond motifs is 5. The number of aromatic nitrogens is 2. The Kier molecular flexibility index (Phi) is 3.41. The minimum absolute atomic E-state index is 0.144. The van der Waals surface area contributed by atoms with Gasteiger partial charge in [-0.25, -0.2) is 4.98 Å². The predicted octanol–water partition coefficient (Wildman–Crippen LogP) is 2.12. The van der Waals surface area contributed by atoms with Crippen LogP contribution < -0.4 is 0 Å². The minimum atomic E-state index is 0.144. The van der Waals surface area contributed by atoms with Gasteiger partial charge in [-0.15, -0.1) is 0 Å². The van der Waals surface area contributed by atoms with Gasteiger partial charge in [0, 0.05) is 31.9 Å². The molecule has 0 spiro atoms. The highest BCUT2D eigenvalue weighted by atomic mass is 16.2. The molecule has 3 saturated heterocycles. The molecule has 2 bridgehead atoms. The predicted molar refractivity (Wildman–Crippen MR) is 89.7 cm³/mol. The second-order valence-corrected chi connectivity index (χ2v) is 7.26. The Morgan fingerprint density at radius 1 is 1.17 bits per heavy atom. The first-order valence-corrected chi connectivity index (χ1v) is 8.48. The molecule has 5 rings (SSSR count). The number of hydrogen-bond donors (Lipinski definition) is 0. The summed E-state index contributed by atoms with van der Waals surface area (Å²) in [5.41, 5.74) is 3.56. The third-order valence-corrected chi connectivity index (χ3v) is 5.30. The van der Waals surface area contributed by atoms with E-state index >= 15 is 0 Å². The molecule has 3 aliphatic rings. The first kappa shape index (κ1) is 14.7. The van der Waals surface area contributed by atoms with Crippen LogP contribution in [0.25, 0.3) is 5.65 Å². The number of carbonyl (C=O) groups is 1. The van der Waals surface area contributed by atoms with Crippen LogP contribution >= 0.6 is 0 Å². The lowest BCUT2D eigenvalue weighted by Crippen LogP contribution is -2.47. The Balaban J connectivity index is 1.75. The lowest BCUT2D eigenvalue weighted by atomic mass is 9.94. The first-order valence-electron chi connectivity index (χ1n) is 8.48. The Bertz CT molecular complexity index is 766. The number of rotatable bonds is 1. The fourth-order valence-corrected chi connectivity index (χ4v) is 4.23. The summed E-state index contributed by atoms with van der Waals surface area (Å²) in [4.78, 5) is 22.4. The van der Waals surface area contributed by atoms with Crippen molar-refractivity contribution >= 4 is 11.6 Å². The topological polar surface area (TPSA) is 40.9 Å². The highest BCUT2D eigenvalue weighted by molar-refractivity contribution is 5.95. The van der Waals surface area contributed by atoms with Crippen molar-refractivity contribution < 1.29 is 4.79 Å². The number of pyridine rings is 1. The molecule has 0 radical (unpaired) electrons. The van der Waals surface area contributed by atoms with Gasteiger partial charge in [-0.3, -0.25) is 9.20 Å². The molecule has 5 heteroatoms. The van der Waals surface area contributed by atoms with E-state index in [0.717, 1.165) is 48.7 Å². The summed E-state index contributed by atoms with van der Waals surface area (Å²) < 4.78 is 1.97. The van der Waals surface area contributed by atoms with Gasteiger partial charge in [-0.1, -0.05) is 6.07 Å². The molecule has 3 aliphatic heterocycles. The number of hydrogen-bond acceptors (Lipinski definition) is 3. The van der Waals surface area contributed by atoms with Crippen molar-refractivity contribution in [2.24, 2.45) is 5.92 Å². The van der Waals surface area contributed by atoms with Gasteiger partial charge in [0.25, 0.3) is 5.91 Å². The SMILES string of the molecule is Cc1ccc2nc(C)c(C(=O)N3C[C@H]4CC[C@@H]3CN(C)C4)n2c1. The lowest BCUT2D eigenvalue weighted by molar-refractivity contribution is 0.0579. The second-order valence-electron chi connectivity index (χ2n) is 7.26. The molecule has 0 unspecified atom stereocenters. The lowest BCUT2D eigenvalue weighted by Gasteiger charge is -2.36. The monoisotopic (exact) mass is 312 g/mol. The van der Waals surface area contributed by atoms with E-state index in [1.165, 1.54) is 6.42 Å². The number of nitrogens with zero attached hydrogens (tertiary/aromatic N) is 4. The van der Waals surface area contributed by atoms with Crippen molar-refractivity contribution in [1.82, 2.24) is 19.2 Å². The molecule has 122 valence electrons. The van der Waals surface area contributed by atoms with Gasteiger partial charge in [0.15, 0.2) is 0 Å². The van der Waals surface area contributed by atoms with Crippen LogP contribution in [-0.2, 0) is 0 Å². The molecular formula is C18H24N4O. The van der Waals surface area contributed by atoms with Crippen molar-refractivity contribution in [3.05, 3.63) is 35.3 Å². The number of piperidine rings is 1. The van der Waals surface area contributed by atoms with Crippen molar-refractivity contribution in [1.29, 1.82) is 0 Å².